The van der Waals surface area contributed by atoms with Gasteiger partial charge >= 0.3 is 12.5 Å². The average Bonchev–Trinajstić information content (AvgIpc) is 3.55. The van der Waals surface area contributed by atoms with Gasteiger partial charge in [-0.25, -0.2) is 15.0 Å². The van der Waals surface area contributed by atoms with E-state index in [1.807, 2.05) is 11.8 Å². The molecular weight excluding hydrogens is 682 g/mol. The van der Waals surface area contributed by atoms with Gasteiger partial charge in [0.05, 0.1) is 18.8 Å². The quantitative estimate of drug-likeness (QED) is 0.127. The molecule has 51 heavy (non-hydrogen) atoms. The number of aryl methyl sites for hydroxylation is 1. The van der Waals surface area contributed by atoms with Crippen molar-refractivity contribution in [2.45, 2.75) is 26.0 Å². The molecule has 266 valence electrons. The molecule has 3 aromatic carbocycles. The molecule has 0 saturated carbocycles. The molecule has 3 N–H and O–H groups in total. The highest BCUT2D eigenvalue weighted by Gasteiger charge is 2.35. The number of alkyl halides is 6. The molecular formula is C34H30F6N8O3. The fourth-order valence-corrected chi connectivity index (χ4v) is 5.29. The second-order valence-corrected chi connectivity index (χ2v) is 11.4. The molecule has 11 nitrogen and oxygen atoms in total. The number of benzene rings is 3. The zero-order valence-electron chi connectivity index (χ0n) is 26.8. The molecule has 0 aliphatic carbocycles. The predicted octanol–water partition coefficient (Wildman–Crippen LogP) is 7.46. The van der Waals surface area contributed by atoms with Gasteiger partial charge < -0.3 is 25.4 Å². The number of hydrogen-bond donors (Lipinski definition) is 3. The van der Waals surface area contributed by atoms with Crippen molar-refractivity contribution in [1.29, 1.82) is 0 Å². The molecule has 1 fully saturated rings. The lowest BCUT2D eigenvalue weighted by molar-refractivity contribution is -0.274. The lowest BCUT2D eigenvalue weighted by Crippen LogP contribution is -2.36. The van der Waals surface area contributed by atoms with Crippen LogP contribution in [-0.2, 0) is 17.5 Å². The van der Waals surface area contributed by atoms with Crippen LogP contribution in [0.5, 0.6) is 5.75 Å². The summed E-state index contributed by atoms with van der Waals surface area (Å²) in [6.07, 6.45) is -4.99. The van der Waals surface area contributed by atoms with Gasteiger partial charge in [-0.2, -0.15) is 13.2 Å². The van der Waals surface area contributed by atoms with Crippen molar-refractivity contribution in [2.24, 2.45) is 0 Å². The number of ether oxygens (including phenoxy) is 2. The average molecular weight is 713 g/mol. The Morgan fingerprint density at radius 2 is 1.63 bits per heavy atom. The number of nitrogens with one attached hydrogen (secondary N) is 3. The molecule has 3 heterocycles. The smallest absolute Gasteiger partial charge is 0.406 e. The van der Waals surface area contributed by atoms with Gasteiger partial charge in [0, 0.05) is 60.7 Å². The van der Waals surface area contributed by atoms with Crippen LogP contribution >= 0.6 is 0 Å². The van der Waals surface area contributed by atoms with Crippen LogP contribution in [0, 0.1) is 6.92 Å². The van der Waals surface area contributed by atoms with Crippen molar-refractivity contribution in [3.63, 3.8) is 0 Å². The third-order valence-corrected chi connectivity index (χ3v) is 7.82. The molecule has 5 aromatic rings. The molecule has 1 amide bonds. The fraction of sp³-hybridized carbons (Fsp3) is 0.235. The van der Waals surface area contributed by atoms with Crippen LogP contribution < -0.4 is 20.7 Å². The van der Waals surface area contributed by atoms with Gasteiger partial charge in [0.1, 0.15) is 23.7 Å². The first-order valence-electron chi connectivity index (χ1n) is 15.5. The van der Waals surface area contributed by atoms with Crippen molar-refractivity contribution in [2.75, 3.05) is 42.3 Å². The number of rotatable bonds is 10. The van der Waals surface area contributed by atoms with Gasteiger partial charge in [0.25, 0.3) is 5.91 Å². The number of halogens is 6. The van der Waals surface area contributed by atoms with Gasteiger partial charge in [-0.05, 0) is 66.6 Å². The maximum absolute atomic E-state index is 14.0. The topological polar surface area (TPSA) is 118 Å². The van der Waals surface area contributed by atoms with Crippen LogP contribution in [0.4, 0.5) is 55.2 Å². The van der Waals surface area contributed by atoms with E-state index in [0.717, 1.165) is 23.8 Å². The van der Waals surface area contributed by atoms with E-state index in [4.69, 9.17) is 4.74 Å². The fourth-order valence-electron chi connectivity index (χ4n) is 5.29. The number of aromatic nitrogens is 4. The Morgan fingerprint density at radius 3 is 2.35 bits per heavy atom. The maximum Gasteiger partial charge on any atom is 0.573 e. The Bertz CT molecular complexity index is 1990. The van der Waals surface area contributed by atoms with Crippen molar-refractivity contribution in [3.05, 3.63) is 108 Å². The molecule has 0 atom stereocenters. The zero-order chi connectivity index (χ0) is 36.2. The summed E-state index contributed by atoms with van der Waals surface area (Å²) >= 11 is 0. The van der Waals surface area contributed by atoms with Gasteiger partial charge in [0.2, 0.25) is 5.95 Å². The summed E-state index contributed by atoms with van der Waals surface area (Å²) in [5, 5.41) is 8.87. The van der Waals surface area contributed by atoms with Crippen molar-refractivity contribution >= 4 is 34.7 Å². The molecule has 0 bridgehead atoms. The molecule has 1 aliphatic rings. The first kappa shape index (κ1) is 35.2. The normalized spacial score (nSPS) is 13.9. The van der Waals surface area contributed by atoms with Crippen LogP contribution in [0.2, 0.25) is 0 Å². The Morgan fingerprint density at radius 1 is 0.882 bits per heavy atom. The Kier molecular flexibility index (Phi) is 10.1. The van der Waals surface area contributed by atoms with E-state index in [9.17, 15) is 31.1 Å². The minimum Gasteiger partial charge on any atom is -0.406 e. The maximum atomic E-state index is 14.0. The third kappa shape index (κ3) is 9.11. The summed E-state index contributed by atoms with van der Waals surface area (Å²) in [6.45, 7) is 3.85. The van der Waals surface area contributed by atoms with E-state index in [1.165, 1.54) is 36.8 Å². The number of imidazole rings is 1. The Hall–Kier alpha value is -5.68. The summed E-state index contributed by atoms with van der Waals surface area (Å²) in [4.78, 5) is 27.9. The predicted molar refractivity (Wildman–Crippen MR) is 176 cm³/mol. The highest BCUT2D eigenvalue weighted by atomic mass is 19.4. The number of anilines is 5. The van der Waals surface area contributed by atoms with Gasteiger partial charge in [-0.3, -0.25) is 14.3 Å². The minimum absolute atomic E-state index is 0.0819. The highest BCUT2D eigenvalue weighted by Crippen LogP contribution is 2.34. The standard InChI is InChI=1S/C34H30F6N8O3/c1-21-2-5-25(45-31(49)22-3-4-23(27(16-22)33(35,36)37)19-47-12-14-50-15-13-47)17-28(21)46-32-41-10-11-48(32)30-18-29(42-20-43-30)44-24-6-8-26(9-7-24)51-34(38,39)40/h2-11,16-18,20H,12-15,19H2,1H3,(H,41,46)(H,45,49)(H,42,43,44). The van der Waals surface area contributed by atoms with E-state index in [1.54, 1.807) is 35.0 Å². The monoisotopic (exact) mass is 712 g/mol. The highest BCUT2D eigenvalue weighted by molar-refractivity contribution is 6.04. The zero-order valence-corrected chi connectivity index (χ0v) is 26.8. The van der Waals surface area contributed by atoms with Crippen molar-refractivity contribution in [3.8, 4) is 11.6 Å². The van der Waals surface area contributed by atoms with Crippen LogP contribution in [-0.4, -0.2) is 63.0 Å². The summed E-state index contributed by atoms with van der Waals surface area (Å²) in [7, 11) is 0. The molecule has 0 spiro atoms. The largest absolute Gasteiger partial charge is 0.573 e. The van der Waals surface area contributed by atoms with Gasteiger partial charge in [0.15, 0.2) is 0 Å². The lowest BCUT2D eigenvalue weighted by Gasteiger charge is -2.27. The summed E-state index contributed by atoms with van der Waals surface area (Å²) in [6, 6.07) is 15.3. The second-order valence-electron chi connectivity index (χ2n) is 11.4. The number of carbonyl (C=O) groups is 1. The first-order valence-corrected chi connectivity index (χ1v) is 15.5. The second kappa shape index (κ2) is 14.7. The van der Waals surface area contributed by atoms with Crippen molar-refractivity contribution < 1.29 is 40.6 Å². The van der Waals surface area contributed by atoms with E-state index in [-0.39, 0.29) is 23.4 Å². The first-order chi connectivity index (χ1) is 24.3. The van der Waals surface area contributed by atoms with E-state index >= 15 is 0 Å². The summed E-state index contributed by atoms with van der Waals surface area (Å²) < 4.78 is 90.4. The van der Waals surface area contributed by atoms with Gasteiger partial charge in [-0.1, -0.05) is 12.1 Å². The summed E-state index contributed by atoms with van der Waals surface area (Å²) in [5.41, 5.74) is 1.18. The Labute approximate surface area is 287 Å². The molecule has 0 radical (unpaired) electrons. The van der Waals surface area contributed by atoms with E-state index in [0.29, 0.717) is 60.9 Å². The van der Waals surface area contributed by atoms with Crippen molar-refractivity contribution in [1.82, 2.24) is 24.4 Å². The molecule has 2 aromatic heterocycles. The van der Waals surface area contributed by atoms with E-state index in [2.05, 4.69) is 35.6 Å². The lowest BCUT2D eigenvalue weighted by atomic mass is 10.0. The molecule has 17 heteroatoms. The minimum atomic E-state index is -4.80. The molecule has 1 saturated heterocycles. The van der Waals surface area contributed by atoms with Crippen LogP contribution in [0.25, 0.3) is 5.82 Å². The number of carbonyl (C=O) groups excluding carboxylic acids is 1. The van der Waals surface area contributed by atoms with Crippen LogP contribution in [0.15, 0.2) is 85.5 Å². The number of morpholine rings is 1. The number of hydrogen-bond acceptors (Lipinski definition) is 9. The SMILES string of the molecule is Cc1ccc(NC(=O)c2ccc(CN3CCOCC3)c(C(F)(F)F)c2)cc1Nc1nccn1-c1cc(Nc2ccc(OC(F)(F)F)cc2)ncn1. The molecule has 6 rings (SSSR count). The molecule has 1 aliphatic heterocycles. The van der Waals surface area contributed by atoms with Gasteiger partial charge in [-0.15, -0.1) is 13.2 Å². The van der Waals surface area contributed by atoms with Crippen LogP contribution in [0.3, 0.4) is 0 Å². The number of amides is 1. The van der Waals surface area contributed by atoms with Crippen LogP contribution in [0.1, 0.15) is 27.0 Å². The molecule has 0 unspecified atom stereocenters. The third-order valence-electron chi connectivity index (χ3n) is 7.82. The number of nitrogens with zero attached hydrogens (tertiary/aromatic N) is 5. The van der Waals surface area contributed by atoms with E-state index < -0.39 is 24.0 Å². The Balaban J connectivity index is 1.15. The summed E-state index contributed by atoms with van der Waals surface area (Å²) in [5.74, 6) is -0.00494.